The molecule has 2 rings (SSSR count). The Kier molecular flexibility index (Phi) is 4.76. The minimum absolute atomic E-state index is 0.344. The van der Waals surface area contributed by atoms with Gasteiger partial charge in [-0.1, -0.05) is 56.3 Å². The van der Waals surface area contributed by atoms with Gasteiger partial charge in [0.1, 0.15) is 0 Å². The zero-order valence-electron chi connectivity index (χ0n) is 12.0. The van der Waals surface area contributed by atoms with Crippen LogP contribution in [-0.2, 0) is 6.42 Å². The second-order valence-electron chi connectivity index (χ2n) is 5.57. The zero-order valence-corrected chi connectivity index (χ0v) is 13.7. The molecule has 0 amide bonds. The summed E-state index contributed by atoms with van der Waals surface area (Å²) in [5, 5.41) is 4.86. The molecule has 0 spiro atoms. The Bertz CT molecular complexity index is 656. The molecule has 1 aromatic carbocycles. The van der Waals surface area contributed by atoms with Gasteiger partial charge in [-0.15, -0.1) is 0 Å². The summed E-state index contributed by atoms with van der Waals surface area (Å²) in [6.07, 6.45) is 7.01. The minimum atomic E-state index is -0.837. The van der Waals surface area contributed by atoms with Crippen molar-refractivity contribution in [3.05, 3.63) is 59.7 Å². The summed E-state index contributed by atoms with van der Waals surface area (Å²) in [6, 6.07) is 10.4. The zero-order chi connectivity index (χ0) is 15.3. The highest BCUT2D eigenvalue weighted by molar-refractivity contribution is 7.78. The fraction of sp³-hybridized carbons (Fsp3) is 0.294. The molecule has 1 aliphatic carbocycles. The smallest absolute Gasteiger partial charge is 0.196 e. The number of aliphatic imine (C=N–C) groups is 2. The van der Waals surface area contributed by atoms with Gasteiger partial charge >= 0.3 is 0 Å². The third-order valence-electron chi connectivity index (χ3n) is 3.71. The van der Waals surface area contributed by atoms with E-state index >= 15 is 0 Å². The van der Waals surface area contributed by atoms with Crippen LogP contribution >= 0.6 is 24.4 Å². The highest BCUT2D eigenvalue weighted by Gasteiger charge is 2.43. The highest BCUT2D eigenvalue weighted by Crippen LogP contribution is 2.42. The lowest BCUT2D eigenvalue weighted by atomic mass is 9.73. The molecule has 0 saturated heterocycles. The predicted octanol–water partition coefficient (Wildman–Crippen LogP) is 4.65. The number of thiocarbonyl (C=S) groups is 2. The second kappa shape index (κ2) is 6.38. The maximum absolute atomic E-state index is 4.76. The third-order valence-corrected chi connectivity index (χ3v) is 3.89. The van der Waals surface area contributed by atoms with Crippen LogP contribution < -0.4 is 0 Å². The topological polar surface area (TPSA) is 24.7 Å². The van der Waals surface area contributed by atoms with E-state index in [0.717, 1.165) is 6.42 Å². The van der Waals surface area contributed by atoms with E-state index in [1.165, 1.54) is 11.1 Å². The van der Waals surface area contributed by atoms with Gasteiger partial charge in [0.05, 0.1) is 10.3 Å². The van der Waals surface area contributed by atoms with Crippen LogP contribution in [0.2, 0.25) is 0 Å². The second-order valence-corrected chi connectivity index (χ2v) is 5.93. The Labute approximate surface area is 136 Å². The van der Waals surface area contributed by atoms with Crippen molar-refractivity contribution < 1.29 is 0 Å². The summed E-state index contributed by atoms with van der Waals surface area (Å²) in [5.74, 6) is 0. The van der Waals surface area contributed by atoms with Crippen LogP contribution in [0.3, 0.4) is 0 Å². The van der Waals surface area contributed by atoms with Crippen molar-refractivity contribution >= 4 is 34.8 Å². The molecule has 0 atom stereocenters. The normalized spacial score (nSPS) is 22.7. The van der Waals surface area contributed by atoms with Crippen LogP contribution in [0.4, 0.5) is 0 Å². The number of nitrogens with zero attached hydrogens (tertiary/aromatic N) is 2. The largest absolute Gasteiger partial charge is 0.196 e. The Morgan fingerprint density at radius 1 is 1.05 bits per heavy atom. The Hall–Kier alpha value is -1.70. The molecular formula is C17H16N2S2. The number of isothiocyanates is 2. The summed E-state index contributed by atoms with van der Waals surface area (Å²) in [4.78, 5) is 8.47. The van der Waals surface area contributed by atoms with Gasteiger partial charge in [-0.3, -0.25) is 0 Å². The van der Waals surface area contributed by atoms with Crippen LogP contribution in [0.15, 0.2) is 64.1 Å². The van der Waals surface area contributed by atoms with Gasteiger partial charge in [-0.2, -0.15) is 9.98 Å². The van der Waals surface area contributed by atoms with Gasteiger partial charge in [-0.25, -0.2) is 0 Å². The van der Waals surface area contributed by atoms with E-state index in [4.69, 9.17) is 24.4 Å². The van der Waals surface area contributed by atoms with Crippen LogP contribution in [0, 0.1) is 5.41 Å². The lowest BCUT2D eigenvalue weighted by Crippen LogP contribution is -2.40. The minimum Gasteiger partial charge on any atom is -0.196 e. The van der Waals surface area contributed by atoms with Crippen molar-refractivity contribution in [3.8, 4) is 0 Å². The van der Waals surface area contributed by atoms with Crippen LogP contribution in [-0.4, -0.2) is 16.0 Å². The van der Waals surface area contributed by atoms with Gasteiger partial charge in [0, 0.05) is 5.41 Å². The maximum atomic E-state index is 4.76. The van der Waals surface area contributed by atoms with E-state index in [-0.39, 0.29) is 5.41 Å². The molecule has 0 saturated carbocycles. The van der Waals surface area contributed by atoms with Crippen molar-refractivity contribution in [3.63, 3.8) is 0 Å². The molecule has 0 unspecified atom stereocenters. The number of rotatable bonds is 4. The first kappa shape index (κ1) is 15.7. The van der Waals surface area contributed by atoms with E-state index in [1.807, 2.05) is 30.4 Å². The Balaban J connectivity index is 2.36. The molecular weight excluding hydrogens is 296 g/mol. The average Bonchev–Trinajstić information content (AvgIpc) is 2.44. The van der Waals surface area contributed by atoms with Gasteiger partial charge < -0.3 is 0 Å². The fourth-order valence-corrected chi connectivity index (χ4v) is 2.80. The fourth-order valence-electron chi connectivity index (χ4n) is 2.52. The predicted molar refractivity (Wildman–Crippen MR) is 93.9 cm³/mol. The van der Waals surface area contributed by atoms with E-state index in [9.17, 15) is 0 Å². The van der Waals surface area contributed by atoms with E-state index < -0.39 is 5.66 Å². The molecule has 0 fully saturated rings. The van der Waals surface area contributed by atoms with Crippen molar-refractivity contribution in [1.82, 2.24) is 0 Å². The summed E-state index contributed by atoms with van der Waals surface area (Å²) in [7, 11) is 0. The molecule has 0 aliphatic heterocycles. The number of hydrogen-bond donors (Lipinski definition) is 0. The molecule has 21 heavy (non-hydrogen) atoms. The van der Waals surface area contributed by atoms with Crippen molar-refractivity contribution in [2.75, 3.05) is 0 Å². The van der Waals surface area contributed by atoms with Gasteiger partial charge in [0.15, 0.2) is 5.66 Å². The van der Waals surface area contributed by atoms with Crippen LogP contribution in [0.25, 0.3) is 0 Å². The van der Waals surface area contributed by atoms with Gasteiger partial charge in [-0.05, 0) is 48.1 Å². The molecule has 0 aromatic heterocycles. The van der Waals surface area contributed by atoms with E-state index in [1.54, 1.807) is 0 Å². The number of hydrogen-bond acceptors (Lipinski definition) is 4. The molecule has 1 aliphatic rings. The summed E-state index contributed by atoms with van der Waals surface area (Å²) >= 11 is 9.53. The summed E-state index contributed by atoms with van der Waals surface area (Å²) in [5.41, 5.74) is 1.31. The molecule has 0 heterocycles. The lowest BCUT2D eigenvalue weighted by Gasteiger charge is -2.37. The first-order chi connectivity index (χ1) is 10.0. The average molecular weight is 312 g/mol. The first-order valence-corrected chi connectivity index (χ1v) is 7.47. The Morgan fingerprint density at radius 3 is 2.19 bits per heavy atom. The number of allylic oxidation sites excluding steroid dienone is 2. The molecule has 1 aromatic rings. The van der Waals surface area contributed by atoms with Crippen LogP contribution in [0.1, 0.15) is 19.4 Å². The summed E-state index contributed by atoms with van der Waals surface area (Å²) < 4.78 is 0. The molecule has 2 nitrogen and oxygen atoms in total. The van der Waals surface area contributed by atoms with Crippen LogP contribution in [0.5, 0.6) is 0 Å². The number of benzene rings is 1. The lowest BCUT2D eigenvalue weighted by molar-refractivity contribution is 0.294. The maximum Gasteiger partial charge on any atom is 0.196 e. The molecule has 0 bridgehead atoms. The van der Waals surface area contributed by atoms with Crippen molar-refractivity contribution in [2.45, 2.75) is 25.9 Å². The molecule has 106 valence electrons. The molecule has 4 heteroatoms. The quantitative estimate of drug-likeness (QED) is 0.597. The summed E-state index contributed by atoms with van der Waals surface area (Å²) in [6.45, 7) is 4.13. The highest BCUT2D eigenvalue weighted by atomic mass is 32.1. The molecule has 0 radical (unpaired) electrons. The SMILES string of the molecule is CC1(C)C=C(Cc2ccccc2)C=CC1(N=C=S)N=C=S. The van der Waals surface area contributed by atoms with Crippen molar-refractivity contribution in [2.24, 2.45) is 15.4 Å². The Morgan fingerprint density at radius 2 is 1.67 bits per heavy atom. The molecule has 0 N–H and O–H groups in total. The third kappa shape index (κ3) is 3.31. The van der Waals surface area contributed by atoms with Crippen molar-refractivity contribution in [1.29, 1.82) is 0 Å². The first-order valence-electron chi connectivity index (χ1n) is 6.66. The van der Waals surface area contributed by atoms with E-state index in [0.29, 0.717) is 0 Å². The van der Waals surface area contributed by atoms with E-state index in [2.05, 4.69) is 52.4 Å². The standard InChI is InChI=1S/C17H16N2S2/c1-16(2)11-15(10-14-6-4-3-5-7-14)8-9-17(16,18-12-20)19-13-21/h3-9,11H,10H2,1-2H3. The van der Waals surface area contributed by atoms with Gasteiger partial charge in [0.2, 0.25) is 0 Å². The monoisotopic (exact) mass is 312 g/mol. The van der Waals surface area contributed by atoms with Gasteiger partial charge in [0.25, 0.3) is 0 Å².